The predicted octanol–water partition coefficient (Wildman–Crippen LogP) is 2.88. The number of amides is 1. The first-order chi connectivity index (χ1) is 14.2. The number of benzene rings is 2. The maximum absolute atomic E-state index is 12.5. The highest BCUT2D eigenvalue weighted by atomic mass is 32.2. The maximum Gasteiger partial charge on any atom is 0.241 e. The van der Waals surface area contributed by atoms with Crippen LogP contribution in [0, 0.1) is 20.8 Å². The molecule has 1 amide bonds. The van der Waals surface area contributed by atoms with Gasteiger partial charge in [-0.2, -0.15) is 0 Å². The standard InChI is InChI=1S/C22H26N4O3S/c1-16-6-5-7-21(17(16)2)26(30(4,28)29)15-22(27)24-14-19-8-10-20(11-9-19)25-13-12-23-18(25)3/h5-13H,14-15H2,1-4H3,(H,24,27). The fourth-order valence-electron chi connectivity index (χ4n) is 3.20. The Labute approximate surface area is 177 Å². The van der Waals surface area contributed by atoms with Crippen molar-refractivity contribution < 1.29 is 13.2 Å². The molecule has 0 saturated heterocycles. The van der Waals surface area contributed by atoms with Crippen LogP contribution in [0.1, 0.15) is 22.5 Å². The van der Waals surface area contributed by atoms with Gasteiger partial charge in [-0.15, -0.1) is 0 Å². The van der Waals surface area contributed by atoms with Gasteiger partial charge >= 0.3 is 0 Å². The van der Waals surface area contributed by atoms with Crippen molar-refractivity contribution >= 4 is 21.6 Å². The van der Waals surface area contributed by atoms with Crippen LogP contribution >= 0.6 is 0 Å². The molecule has 158 valence electrons. The lowest BCUT2D eigenvalue weighted by Gasteiger charge is -2.24. The van der Waals surface area contributed by atoms with Crippen molar-refractivity contribution in [3.8, 4) is 5.69 Å². The van der Waals surface area contributed by atoms with Gasteiger partial charge in [-0.3, -0.25) is 9.10 Å². The number of rotatable bonds is 7. The van der Waals surface area contributed by atoms with Crippen LogP contribution in [0.4, 0.5) is 5.69 Å². The van der Waals surface area contributed by atoms with Crippen LogP contribution in [0.5, 0.6) is 0 Å². The van der Waals surface area contributed by atoms with Crippen LogP contribution < -0.4 is 9.62 Å². The molecule has 7 nitrogen and oxygen atoms in total. The lowest BCUT2D eigenvalue weighted by molar-refractivity contribution is -0.119. The minimum atomic E-state index is -3.61. The molecule has 1 N–H and O–H groups in total. The molecule has 3 aromatic rings. The van der Waals surface area contributed by atoms with E-state index in [1.54, 1.807) is 18.3 Å². The molecule has 0 aliphatic carbocycles. The molecule has 0 spiro atoms. The number of nitrogens with zero attached hydrogens (tertiary/aromatic N) is 3. The molecule has 0 radical (unpaired) electrons. The summed E-state index contributed by atoms with van der Waals surface area (Å²) in [5.41, 5.74) is 4.23. The van der Waals surface area contributed by atoms with Crippen molar-refractivity contribution in [2.24, 2.45) is 0 Å². The molecule has 0 atom stereocenters. The summed E-state index contributed by atoms with van der Waals surface area (Å²) < 4.78 is 27.8. The van der Waals surface area contributed by atoms with E-state index in [-0.39, 0.29) is 12.5 Å². The highest BCUT2D eigenvalue weighted by Gasteiger charge is 2.22. The summed E-state index contributed by atoms with van der Waals surface area (Å²) in [6.45, 7) is 5.73. The normalized spacial score (nSPS) is 11.3. The molecular weight excluding hydrogens is 400 g/mol. The van der Waals surface area contributed by atoms with Crippen molar-refractivity contribution in [2.45, 2.75) is 27.3 Å². The first-order valence-corrected chi connectivity index (χ1v) is 11.4. The average molecular weight is 427 g/mol. The zero-order chi connectivity index (χ0) is 21.9. The summed E-state index contributed by atoms with van der Waals surface area (Å²) in [7, 11) is -3.61. The van der Waals surface area contributed by atoms with Crippen LogP contribution in [0.25, 0.3) is 5.69 Å². The number of imidazole rings is 1. The van der Waals surface area contributed by atoms with E-state index in [1.165, 1.54) is 0 Å². The third-order valence-electron chi connectivity index (χ3n) is 5.06. The number of hydrogen-bond acceptors (Lipinski definition) is 4. The second-order valence-electron chi connectivity index (χ2n) is 7.28. The largest absolute Gasteiger partial charge is 0.350 e. The van der Waals surface area contributed by atoms with E-state index in [0.29, 0.717) is 12.2 Å². The van der Waals surface area contributed by atoms with Gasteiger partial charge in [0.2, 0.25) is 15.9 Å². The number of hydrogen-bond donors (Lipinski definition) is 1. The summed E-state index contributed by atoms with van der Waals surface area (Å²) in [6, 6.07) is 13.2. The van der Waals surface area contributed by atoms with Crippen LogP contribution in [0.2, 0.25) is 0 Å². The average Bonchev–Trinajstić information content (AvgIpc) is 3.12. The number of nitrogens with one attached hydrogen (secondary N) is 1. The highest BCUT2D eigenvalue weighted by molar-refractivity contribution is 7.92. The molecule has 0 aliphatic rings. The Morgan fingerprint density at radius 1 is 1.10 bits per heavy atom. The quantitative estimate of drug-likeness (QED) is 0.630. The van der Waals surface area contributed by atoms with Crippen molar-refractivity contribution in [3.63, 3.8) is 0 Å². The number of aromatic nitrogens is 2. The molecular formula is C22H26N4O3S. The van der Waals surface area contributed by atoms with E-state index in [4.69, 9.17) is 0 Å². The lowest BCUT2D eigenvalue weighted by atomic mass is 10.1. The van der Waals surface area contributed by atoms with Gasteiger partial charge in [-0.05, 0) is 55.7 Å². The molecule has 0 saturated carbocycles. The second kappa shape index (κ2) is 8.71. The Hall–Kier alpha value is -3.13. The maximum atomic E-state index is 12.5. The first kappa shape index (κ1) is 21.6. The molecule has 1 heterocycles. The van der Waals surface area contributed by atoms with Gasteiger partial charge in [0.25, 0.3) is 0 Å². The monoisotopic (exact) mass is 426 g/mol. The van der Waals surface area contributed by atoms with Crippen molar-refractivity contribution in [2.75, 3.05) is 17.1 Å². The summed E-state index contributed by atoms with van der Waals surface area (Å²) in [4.78, 5) is 16.7. The van der Waals surface area contributed by atoms with E-state index in [2.05, 4.69) is 10.3 Å². The molecule has 0 fully saturated rings. The third kappa shape index (κ3) is 4.88. The van der Waals surface area contributed by atoms with E-state index in [1.807, 2.05) is 61.9 Å². The molecule has 30 heavy (non-hydrogen) atoms. The molecule has 2 aromatic carbocycles. The minimum Gasteiger partial charge on any atom is -0.350 e. The zero-order valence-electron chi connectivity index (χ0n) is 17.6. The summed E-state index contributed by atoms with van der Waals surface area (Å²) in [6.07, 6.45) is 4.74. The van der Waals surface area contributed by atoms with Gasteiger partial charge in [0.15, 0.2) is 0 Å². The summed E-state index contributed by atoms with van der Waals surface area (Å²) in [5.74, 6) is 0.527. The fourth-order valence-corrected chi connectivity index (χ4v) is 4.11. The molecule has 3 rings (SSSR count). The Bertz CT molecular complexity index is 1150. The van der Waals surface area contributed by atoms with Gasteiger partial charge in [-0.1, -0.05) is 24.3 Å². The predicted molar refractivity (Wildman–Crippen MR) is 118 cm³/mol. The Kier molecular flexibility index (Phi) is 6.26. The Balaban J connectivity index is 1.68. The highest BCUT2D eigenvalue weighted by Crippen LogP contribution is 2.24. The number of carbonyl (C=O) groups excluding carboxylic acids is 1. The van der Waals surface area contributed by atoms with Crippen LogP contribution in [0.3, 0.4) is 0 Å². The van der Waals surface area contributed by atoms with Gasteiger partial charge in [-0.25, -0.2) is 13.4 Å². The second-order valence-corrected chi connectivity index (χ2v) is 9.18. The van der Waals surface area contributed by atoms with Crippen LogP contribution in [-0.4, -0.2) is 36.7 Å². The van der Waals surface area contributed by atoms with Gasteiger partial charge in [0, 0.05) is 24.6 Å². The molecule has 0 aliphatic heterocycles. The summed E-state index contributed by atoms with van der Waals surface area (Å²) >= 11 is 0. The number of sulfonamides is 1. The van der Waals surface area contributed by atoms with Crippen LogP contribution in [0.15, 0.2) is 54.9 Å². The van der Waals surface area contributed by atoms with Gasteiger partial charge < -0.3 is 9.88 Å². The Morgan fingerprint density at radius 3 is 2.40 bits per heavy atom. The molecule has 8 heteroatoms. The number of anilines is 1. The SMILES string of the molecule is Cc1cccc(N(CC(=O)NCc2ccc(-n3ccnc3C)cc2)S(C)(=O)=O)c1C. The molecule has 1 aromatic heterocycles. The summed E-state index contributed by atoms with van der Waals surface area (Å²) in [5, 5.41) is 2.81. The lowest BCUT2D eigenvalue weighted by Crippen LogP contribution is -2.40. The van der Waals surface area contributed by atoms with Crippen LogP contribution in [-0.2, 0) is 21.4 Å². The topological polar surface area (TPSA) is 84.3 Å². The number of aryl methyl sites for hydroxylation is 2. The number of carbonyl (C=O) groups is 1. The molecule has 0 unspecified atom stereocenters. The minimum absolute atomic E-state index is 0.268. The van der Waals surface area contributed by atoms with E-state index in [9.17, 15) is 13.2 Å². The van der Waals surface area contributed by atoms with Crippen molar-refractivity contribution in [1.82, 2.24) is 14.9 Å². The van der Waals surface area contributed by atoms with E-state index < -0.39 is 10.0 Å². The van der Waals surface area contributed by atoms with E-state index in [0.717, 1.165) is 38.8 Å². The smallest absolute Gasteiger partial charge is 0.241 e. The van der Waals surface area contributed by atoms with Crippen molar-refractivity contribution in [3.05, 3.63) is 77.4 Å². The third-order valence-corrected chi connectivity index (χ3v) is 6.19. The van der Waals surface area contributed by atoms with Gasteiger partial charge in [0.05, 0.1) is 11.9 Å². The van der Waals surface area contributed by atoms with E-state index >= 15 is 0 Å². The molecule has 0 bridgehead atoms. The zero-order valence-corrected chi connectivity index (χ0v) is 18.4. The Morgan fingerprint density at radius 2 is 1.80 bits per heavy atom. The first-order valence-electron chi connectivity index (χ1n) is 9.56. The van der Waals surface area contributed by atoms with Gasteiger partial charge in [0.1, 0.15) is 12.4 Å². The fraction of sp³-hybridized carbons (Fsp3) is 0.273. The van der Waals surface area contributed by atoms with Crippen molar-refractivity contribution in [1.29, 1.82) is 0 Å².